The molecule has 1 heterocycles. The van der Waals surface area contributed by atoms with Crippen LogP contribution in [-0.4, -0.2) is 25.2 Å². The van der Waals surface area contributed by atoms with Gasteiger partial charge in [-0.05, 0) is 44.9 Å². The van der Waals surface area contributed by atoms with E-state index in [-0.39, 0.29) is 12.0 Å². The lowest BCUT2D eigenvalue weighted by atomic mass is 10.2. The van der Waals surface area contributed by atoms with Crippen molar-refractivity contribution in [2.24, 2.45) is 0 Å². The molecule has 4 nitrogen and oxygen atoms in total. The van der Waals surface area contributed by atoms with E-state index < -0.39 is 0 Å². The Morgan fingerprint density at radius 1 is 1.35 bits per heavy atom. The summed E-state index contributed by atoms with van der Waals surface area (Å²) < 4.78 is 11.0. The van der Waals surface area contributed by atoms with E-state index in [4.69, 9.17) is 9.15 Å². The maximum Gasteiger partial charge on any atom is 0.287 e. The SMILES string of the molecule is Cc1ccc2cc(C(=O)NCCCOC(C)C)oc2c1. The van der Waals surface area contributed by atoms with E-state index in [1.807, 2.05) is 39.0 Å². The normalized spacial score (nSPS) is 11.2. The molecule has 2 aromatic rings. The van der Waals surface area contributed by atoms with Crippen molar-refractivity contribution >= 4 is 16.9 Å². The molecule has 0 saturated carbocycles. The van der Waals surface area contributed by atoms with Crippen LogP contribution in [0, 0.1) is 6.92 Å². The fraction of sp³-hybridized carbons (Fsp3) is 0.438. The van der Waals surface area contributed by atoms with Crippen LogP contribution in [0.1, 0.15) is 36.4 Å². The third kappa shape index (κ3) is 3.84. The Morgan fingerprint density at radius 2 is 2.15 bits per heavy atom. The summed E-state index contributed by atoms with van der Waals surface area (Å²) in [4.78, 5) is 12.0. The number of hydrogen-bond acceptors (Lipinski definition) is 3. The standard InChI is InChI=1S/C16H21NO3/c1-11(2)19-8-4-7-17-16(18)15-10-13-6-5-12(3)9-14(13)20-15/h5-6,9-11H,4,7-8H2,1-3H3,(H,17,18). The Balaban J connectivity index is 1.88. The van der Waals surface area contributed by atoms with Gasteiger partial charge in [-0.25, -0.2) is 0 Å². The number of nitrogens with one attached hydrogen (secondary N) is 1. The van der Waals surface area contributed by atoms with Gasteiger partial charge in [-0.1, -0.05) is 12.1 Å². The number of carbonyl (C=O) groups excluding carboxylic acids is 1. The highest BCUT2D eigenvalue weighted by molar-refractivity contribution is 5.96. The van der Waals surface area contributed by atoms with Gasteiger partial charge in [0.1, 0.15) is 5.58 Å². The maximum atomic E-state index is 12.0. The summed E-state index contributed by atoms with van der Waals surface area (Å²) in [5.41, 5.74) is 1.86. The average Bonchev–Trinajstić information content (AvgIpc) is 2.80. The molecule has 4 heteroatoms. The van der Waals surface area contributed by atoms with Crippen LogP contribution in [0.25, 0.3) is 11.0 Å². The summed E-state index contributed by atoms with van der Waals surface area (Å²) in [5, 5.41) is 3.78. The van der Waals surface area contributed by atoms with Gasteiger partial charge in [0.15, 0.2) is 5.76 Å². The topological polar surface area (TPSA) is 51.5 Å². The molecule has 1 amide bonds. The van der Waals surface area contributed by atoms with Crippen molar-refractivity contribution in [3.63, 3.8) is 0 Å². The molecule has 0 aliphatic heterocycles. The Kier molecular flexibility index (Phi) is 4.79. The quantitative estimate of drug-likeness (QED) is 0.823. The smallest absolute Gasteiger partial charge is 0.287 e. The second kappa shape index (κ2) is 6.57. The number of rotatable bonds is 6. The van der Waals surface area contributed by atoms with E-state index >= 15 is 0 Å². The van der Waals surface area contributed by atoms with Crippen LogP contribution in [0.3, 0.4) is 0 Å². The Labute approximate surface area is 119 Å². The first kappa shape index (κ1) is 14.6. The first-order valence-corrected chi connectivity index (χ1v) is 6.96. The number of hydrogen-bond donors (Lipinski definition) is 1. The van der Waals surface area contributed by atoms with Gasteiger partial charge in [-0.15, -0.1) is 0 Å². The molecule has 0 spiro atoms. The molecule has 1 aromatic carbocycles. The highest BCUT2D eigenvalue weighted by atomic mass is 16.5. The molecule has 2 rings (SSSR count). The van der Waals surface area contributed by atoms with E-state index in [1.165, 1.54) is 0 Å². The van der Waals surface area contributed by atoms with Crippen molar-refractivity contribution < 1.29 is 13.9 Å². The number of amides is 1. The lowest BCUT2D eigenvalue weighted by Gasteiger charge is -2.07. The predicted octanol–water partition coefficient (Wildman–Crippen LogP) is 3.29. The zero-order chi connectivity index (χ0) is 14.5. The fourth-order valence-electron chi connectivity index (χ4n) is 1.93. The molecule has 0 bridgehead atoms. The molecule has 1 N–H and O–H groups in total. The molecule has 0 radical (unpaired) electrons. The van der Waals surface area contributed by atoms with Crippen LogP contribution in [0.15, 0.2) is 28.7 Å². The van der Waals surface area contributed by atoms with Crippen molar-refractivity contribution in [3.05, 3.63) is 35.6 Å². The maximum absolute atomic E-state index is 12.0. The number of benzene rings is 1. The number of ether oxygens (including phenoxy) is 1. The second-order valence-corrected chi connectivity index (χ2v) is 5.18. The Bertz CT molecular complexity index is 586. The fourth-order valence-corrected chi connectivity index (χ4v) is 1.93. The number of carbonyl (C=O) groups is 1. The summed E-state index contributed by atoms with van der Waals surface area (Å²) in [6, 6.07) is 7.67. The van der Waals surface area contributed by atoms with Crippen molar-refractivity contribution in [1.29, 1.82) is 0 Å². The average molecular weight is 275 g/mol. The van der Waals surface area contributed by atoms with E-state index in [1.54, 1.807) is 6.07 Å². The highest BCUT2D eigenvalue weighted by Crippen LogP contribution is 2.20. The number of furan rings is 1. The molecule has 0 unspecified atom stereocenters. The van der Waals surface area contributed by atoms with Crippen molar-refractivity contribution in [1.82, 2.24) is 5.32 Å². The summed E-state index contributed by atoms with van der Waals surface area (Å²) in [7, 11) is 0. The van der Waals surface area contributed by atoms with Crippen LogP contribution in [-0.2, 0) is 4.74 Å². The molecule has 1 aromatic heterocycles. The van der Waals surface area contributed by atoms with Gasteiger partial charge in [0.05, 0.1) is 6.10 Å². The van der Waals surface area contributed by atoms with Crippen LogP contribution < -0.4 is 5.32 Å². The van der Waals surface area contributed by atoms with Gasteiger partial charge in [-0.2, -0.15) is 0 Å². The minimum absolute atomic E-state index is 0.177. The highest BCUT2D eigenvalue weighted by Gasteiger charge is 2.11. The molecule has 0 saturated heterocycles. The second-order valence-electron chi connectivity index (χ2n) is 5.18. The van der Waals surface area contributed by atoms with Gasteiger partial charge in [0, 0.05) is 18.5 Å². The van der Waals surface area contributed by atoms with Crippen LogP contribution in [0.4, 0.5) is 0 Å². The minimum atomic E-state index is -0.177. The van der Waals surface area contributed by atoms with Gasteiger partial charge < -0.3 is 14.5 Å². The lowest BCUT2D eigenvalue weighted by Crippen LogP contribution is -2.25. The van der Waals surface area contributed by atoms with Gasteiger partial charge >= 0.3 is 0 Å². The molecule has 0 fully saturated rings. The van der Waals surface area contributed by atoms with Gasteiger partial charge in [-0.3, -0.25) is 4.79 Å². The molecular weight excluding hydrogens is 254 g/mol. The molecule has 20 heavy (non-hydrogen) atoms. The Hall–Kier alpha value is -1.81. The first-order valence-electron chi connectivity index (χ1n) is 6.96. The van der Waals surface area contributed by atoms with Crippen molar-refractivity contribution in [3.8, 4) is 0 Å². The molecule has 108 valence electrons. The van der Waals surface area contributed by atoms with Gasteiger partial charge in [0.25, 0.3) is 5.91 Å². The largest absolute Gasteiger partial charge is 0.451 e. The summed E-state index contributed by atoms with van der Waals surface area (Å²) in [5.74, 6) is 0.179. The molecule has 0 aliphatic carbocycles. The van der Waals surface area contributed by atoms with Gasteiger partial charge in [0.2, 0.25) is 0 Å². The number of aryl methyl sites for hydroxylation is 1. The minimum Gasteiger partial charge on any atom is -0.451 e. The zero-order valence-corrected chi connectivity index (χ0v) is 12.2. The van der Waals surface area contributed by atoms with Crippen molar-refractivity contribution in [2.75, 3.05) is 13.2 Å². The van der Waals surface area contributed by atoms with E-state index in [2.05, 4.69) is 5.32 Å². The van der Waals surface area contributed by atoms with Crippen LogP contribution >= 0.6 is 0 Å². The number of fused-ring (bicyclic) bond motifs is 1. The Morgan fingerprint density at radius 3 is 2.90 bits per heavy atom. The summed E-state index contributed by atoms with van der Waals surface area (Å²) in [6.07, 6.45) is 1.02. The summed E-state index contributed by atoms with van der Waals surface area (Å²) >= 11 is 0. The van der Waals surface area contributed by atoms with Crippen molar-refractivity contribution in [2.45, 2.75) is 33.3 Å². The molecule has 0 atom stereocenters. The molecule has 0 aliphatic rings. The lowest BCUT2D eigenvalue weighted by molar-refractivity contribution is 0.0753. The zero-order valence-electron chi connectivity index (χ0n) is 12.2. The monoisotopic (exact) mass is 275 g/mol. The third-order valence-corrected chi connectivity index (χ3v) is 2.96. The molecular formula is C16H21NO3. The van der Waals surface area contributed by atoms with Crippen LogP contribution in [0.2, 0.25) is 0 Å². The third-order valence-electron chi connectivity index (χ3n) is 2.96. The summed E-state index contributed by atoms with van der Waals surface area (Å²) in [6.45, 7) is 7.22. The van der Waals surface area contributed by atoms with E-state index in [0.717, 1.165) is 23.0 Å². The predicted molar refractivity (Wildman–Crippen MR) is 79.0 cm³/mol. The van der Waals surface area contributed by atoms with E-state index in [9.17, 15) is 4.79 Å². The first-order chi connectivity index (χ1) is 9.56. The van der Waals surface area contributed by atoms with E-state index in [0.29, 0.717) is 18.9 Å². The van der Waals surface area contributed by atoms with Crippen LogP contribution in [0.5, 0.6) is 0 Å².